The van der Waals surface area contributed by atoms with E-state index in [0.29, 0.717) is 6.10 Å². The Morgan fingerprint density at radius 3 is 2.67 bits per heavy atom. The second-order valence-electron chi connectivity index (χ2n) is 3.86. The van der Waals surface area contributed by atoms with Crippen LogP contribution in [0.1, 0.15) is 33.1 Å². The summed E-state index contributed by atoms with van der Waals surface area (Å²) in [5.74, 6) is 1.58. The summed E-state index contributed by atoms with van der Waals surface area (Å²) in [6.45, 7) is 4.82. The topological polar surface area (TPSA) is 33.0 Å². The maximum absolute atomic E-state index is 8.34. The highest BCUT2D eigenvalue weighted by Gasteiger charge is 2.24. The molecule has 1 rings (SSSR count). The first-order chi connectivity index (χ1) is 5.74. The third kappa shape index (κ3) is 2.49. The molecule has 1 saturated carbocycles. The molecule has 12 heavy (non-hydrogen) atoms. The molecule has 68 valence electrons. The highest BCUT2D eigenvalue weighted by Crippen LogP contribution is 2.30. The standard InChI is InChI=1S/C10H17NO/c1-8-3-4-10(7-9(8)2)12-6-5-11/h8-10H,3-4,6-7H2,1-2H3. The quantitative estimate of drug-likeness (QED) is 0.632. The Morgan fingerprint density at radius 2 is 2.08 bits per heavy atom. The van der Waals surface area contributed by atoms with Crippen molar-refractivity contribution in [3.8, 4) is 6.07 Å². The highest BCUT2D eigenvalue weighted by molar-refractivity contribution is 4.77. The molecule has 0 aromatic carbocycles. The molecule has 0 aromatic heterocycles. The van der Waals surface area contributed by atoms with E-state index in [1.807, 2.05) is 6.07 Å². The Kier molecular flexibility index (Phi) is 3.55. The zero-order valence-corrected chi connectivity index (χ0v) is 7.92. The molecule has 1 aliphatic carbocycles. The van der Waals surface area contributed by atoms with Crippen LogP contribution in [0.3, 0.4) is 0 Å². The molecule has 0 heterocycles. The Hall–Kier alpha value is -0.550. The van der Waals surface area contributed by atoms with Crippen molar-refractivity contribution in [1.82, 2.24) is 0 Å². The van der Waals surface area contributed by atoms with E-state index in [2.05, 4.69) is 13.8 Å². The van der Waals surface area contributed by atoms with Gasteiger partial charge >= 0.3 is 0 Å². The second-order valence-corrected chi connectivity index (χ2v) is 3.86. The molecule has 0 saturated heterocycles. The monoisotopic (exact) mass is 167 g/mol. The van der Waals surface area contributed by atoms with Crippen molar-refractivity contribution in [2.45, 2.75) is 39.2 Å². The minimum Gasteiger partial charge on any atom is -0.363 e. The van der Waals surface area contributed by atoms with Gasteiger partial charge < -0.3 is 4.74 Å². The maximum Gasteiger partial charge on any atom is 0.134 e. The first kappa shape index (κ1) is 9.54. The fraction of sp³-hybridized carbons (Fsp3) is 0.900. The molecule has 0 amide bonds. The van der Waals surface area contributed by atoms with E-state index in [9.17, 15) is 0 Å². The zero-order chi connectivity index (χ0) is 8.97. The van der Waals surface area contributed by atoms with Gasteiger partial charge in [-0.15, -0.1) is 0 Å². The first-order valence-corrected chi connectivity index (χ1v) is 4.72. The summed E-state index contributed by atoms with van der Waals surface area (Å²) in [7, 11) is 0. The van der Waals surface area contributed by atoms with Crippen LogP contribution in [0.2, 0.25) is 0 Å². The Balaban J connectivity index is 2.26. The van der Waals surface area contributed by atoms with Crippen LogP contribution in [0.4, 0.5) is 0 Å². The lowest BCUT2D eigenvalue weighted by Gasteiger charge is -2.31. The molecule has 1 fully saturated rings. The molecular weight excluding hydrogens is 150 g/mol. The van der Waals surface area contributed by atoms with Crippen LogP contribution in [0.5, 0.6) is 0 Å². The van der Waals surface area contributed by atoms with Crippen LogP contribution in [0.15, 0.2) is 0 Å². The summed E-state index contributed by atoms with van der Waals surface area (Å²) < 4.78 is 5.39. The Morgan fingerprint density at radius 1 is 1.33 bits per heavy atom. The molecule has 1 aliphatic rings. The molecule has 2 heteroatoms. The van der Waals surface area contributed by atoms with Crippen LogP contribution >= 0.6 is 0 Å². The Labute approximate surface area is 74.5 Å². The van der Waals surface area contributed by atoms with Gasteiger partial charge in [0.25, 0.3) is 0 Å². The van der Waals surface area contributed by atoms with Gasteiger partial charge in [0.1, 0.15) is 6.61 Å². The number of hydrogen-bond donors (Lipinski definition) is 0. The lowest BCUT2D eigenvalue weighted by atomic mass is 9.80. The summed E-state index contributed by atoms with van der Waals surface area (Å²) in [5.41, 5.74) is 0. The van der Waals surface area contributed by atoms with Gasteiger partial charge in [0.2, 0.25) is 0 Å². The fourth-order valence-corrected chi connectivity index (χ4v) is 1.80. The minimum atomic E-state index is 0.256. The van der Waals surface area contributed by atoms with Gasteiger partial charge in [-0.25, -0.2) is 0 Å². The predicted molar refractivity (Wildman–Crippen MR) is 47.5 cm³/mol. The number of ether oxygens (including phenoxy) is 1. The van der Waals surface area contributed by atoms with Crippen LogP contribution in [-0.2, 0) is 4.74 Å². The van der Waals surface area contributed by atoms with Crippen molar-refractivity contribution in [1.29, 1.82) is 5.26 Å². The van der Waals surface area contributed by atoms with Crippen LogP contribution < -0.4 is 0 Å². The van der Waals surface area contributed by atoms with Gasteiger partial charge in [-0.3, -0.25) is 0 Å². The molecule has 0 radical (unpaired) electrons. The minimum absolute atomic E-state index is 0.256. The molecule has 3 atom stereocenters. The van der Waals surface area contributed by atoms with Crippen molar-refractivity contribution < 1.29 is 4.74 Å². The average molecular weight is 167 g/mol. The lowest BCUT2D eigenvalue weighted by Crippen LogP contribution is -2.26. The van der Waals surface area contributed by atoms with Gasteiger partial charge in [0.15, 0.2) is 0 Å². The zero-order valence-electron chi connectivity index (χ0n) is 7.92. The molecule has 0 aliphatic heterocycles. The van der Waals surface area contributed by atoms with E-state index in [1.54, 1.807) is 0 Å². The van der Waals surface area contributed by atoms with Gasteiger partial charge in [0.05, 0.1) is 12.2 Å². The molecular formula is C10H17NO. The summed E-state index contributed by atoms with van der Waals surface area (Å²) >= 11 is 0. The summed E-state index contributed by atoms with van der Waals surface area (Å²) in [4.78, 5) is 0. The fourth-order valence-electron chi connectivity index (χ4n) is 1.80. The SMILES string of the molecule is CC1CCC(OCC#N)CC1C. The molecule has 0 aromatic rings. The van der Waals surface area contributed by atoms with Crippen molar-refractivity contribution in [2.24, 2.45) is 11.8 Å². The maximum atomic E-state index is 8.34. The molecule has 2 nitrogen and oxygen atoms in total. The van der Waals surface area contributed by atoms with Crippen LogP contribution in [0.25, 0.3) is 0 Å². The Bertz CT molecular complexity index is 173. The van der Waals surface area contributed by atoms with Gasteiger partial charge in [-0.1, -0.05) is 13.8 Å². The average Bonchev–Trinajstić information content (AvgIpc) is 2.07. The van der Waals surface area contributed by atoms with Crippen LogP contribution in [0, 0.1) is 23.2 Å². The molecule has 3 unspecified atom stereocenters. The highest BCUT2D eigenvalue weighted by atomic mass is 16.5. The van der Waals surface area contributed by atoms with E-state index in [0.717, 1.165) is 24.7 Å². The number of nitriles is 1. The van der Waals surface area contributed by atoms with Crippen LogP contribution in [-0.4, -0.2) is 12.7 Å². The van der Waals surface area contributed by atoms with Gasteiger partial charge in [-0.2, -0.15) is 5.26 Å². The molecule has 0 N–H and O–H groups in total. The lowest BCUT2D eigenvalue weighted by molar-refractivity contribution is 0.0193. The normalized spacial score (nSPS) is 35.9. The van der Waals surface area contributed by atoms with E-state index in [-0.39, 0.29) is 6.61 Å². The van der Waals surface area contributed by atoms with E-state index >= 15 is 0 Å². The van der Waals surface area contributed by atoms with E-state index in [4.69, 9.17) is 10.00 Å². The third-order valence-electron chi connectivity index (χ3n) is 2.93. The number of hydrogen-bond acceptors (Lipinski definition) is 2. The third-order valence-corrected chi connectivity index (χ3v) is 2.93. The summed E-state index contributed by atoms with van der Waals surface area (Å²) in [5, 5.41) is 8.34. The second kappa shape index (κ2) is 4.47. The summed E-state index contributed by atoms with van der Waals surface area (Å²) in [6.07, 6.45) is 3.85. The smallest absolute Gasteiger partial charge is 0.134 e. The van der Waals surface area contributed by atoms with Crippen molar-refractivity contribution in [3.05, 3.63) is 0 Å². The number of rotatable bonds is 2. The first-order valence-electron chi connectivity index (χ1n) is 4.72. The number of nitrogens with zero attached hydrogens (tertiary/aromatic N) is 1. The van der Waals surface area contributed by atoms with Crippen molar-refractivity contribution >= 4 is 0 Å². The molecule has 0 bridgehead atoms. The van der Waals surface area contributed by atoms with E-state index in [1.165, 1.54) is 6.42 Å². The molecule has 0 spiro atoms. The van der Waals surface area contributed by atoms with E-state index < -0.39 is 0 Å². The summed E-state index contributed by atoms with van der Waals surface area (Å²) in [6, 6.07) is 2.02. The van der Waals surface area contributed by atoms with Crippen molar-refractivity contribution in [3.63, 3.8) is 0 Å². The van der Waals surface area contributed by atoms with Crippen molar-refractivity contribution in [2.75, 3.05) is 6.61 Å². The van der Waals surface area contributed by atoms with Gasteiger partial charge in [0, 0.05) is 0 Å². The largest absolute Gasteiger partial charge is 0.363 e. The van der Waals surface area contributed by atoms with Gasteiger partial charge in [-0.05, 0) is 31.1 Å². The predicted octanol–water partition coefficient (Wildman–Crippen LogP) is 2.35.